The lowest BCUT2D eigenvalue weighted by molar-refractivity contribution is -0.145. The van der Waals surface area contributed by atoms with Crippen LogP contribution in [0, 0.1) is 96.6 Å². The number of Topliss-reactive ketones (excluding diaryl/α,β-unsaturated/α-hetero) is 3. The second-order valence-corrected chi connectivity index (χ2v) is 48.4. The molecule has 140 heavy (non-hydrogen) atoms. The zero-order chi connectivity index (χ0) is 105. The van der Waals surface area contributed by atoms with Gasteiger partial charge in [-0.3, -0.25) is 76.8 Å². The number of unbranched alkanes of at least 4 members (excludes halogenated alkanes) is 1. The first-order valence-corrected chi connectivity index (χ1v) is 50.6. The number of ether oxygens (including phenoxy) is 1. The Morgan fingerprint density at radius 2 is 0.821 bits per heavy atom. The fraction of sp³-hybridized carbons (Fsp3) is 0.775. The standard InChI is InChI=1S/C35H54N6O7.C34H56N6O7.C33H54N6O6/c1-10-15-36-30(46)27(44)21(16-19-11-12-19)37-29(45)26-25-20(35(25,8)9)17-41(26)31(47)28(34(5,6)7)39-32(48)38-22(33(2,3)4)18-40-23(42)13-14-24(40)43;1-11-13-14-21(25(41)28(43)35-15-12-2)36-27(42)24-23-20(34(23,9)10)18-40(24)29(44)26(33(6,7)8)38-30(45)37-22(32(3,4)5)19-39-16-17-47-31(39)46;1-18(2)22(17-38-14-9-8-13-23(38)40)36-31(45)37-27(32(3,4)5)30(44)39-16-20-24(33(20,6)7)25(39)29(43)35-21(26(41)28(34)42)15-19-11-10-12-19/h10,19-22,25-26,28H,1,11-18H2,2-9H3,(H,36,46)(H,37,45)(H2,38,39,48);12,20-24,26H,2,11,13-19H2,1,3-10H3,(H,35,43)(H,36,42)(H2,37,38,45);18-22,24-25,27H,8-17H2,1-7H3,(H2,34,42)(H,35,43)(H2,36,37,45)/t20-,21?,22+,25-,26-,28+;20-,21?,22+,23-,24-,26+;20-,21?,22+,24-,25-,27+/m000/s1. The van der Waals surface area contributed by atoms with Crippen LogP contribution >= 0.6 is 0 Å². The van der Waals surface area contributed by atoms with Gasteiger partial charge in [0, 0.05) is 78.2 Å². The molecular formula is C102H164N18O20. The Labute approximate surface area is 826 Å². The van der Waals surface area contributed by atoms with Crippen LogP contribution in [0.25, 0.3) is 0 Å². The third-order valence-corrected chi connectivity index (χ3v) is 31.2. The number of nitrogens with two attached hydrogens (primary N) is 1. The van der Waals surface area contributed by atoms with Gasteiger partial charge >= 0.3 is 24.2 Å². The molecule has 19 amide bonds. The summed E-state index contributed by atoms with van der Waals surface area (Å²) >= 11 is 0. The summed E-state index contributed by atoms with van der Waals surface area (Å²) in [6, 6.07) is -11.7. The van der Waals surface area contributed by atoms with E-state index in [9.17, 15) is 91.1 Å². The number of piperidine rings is 4. The summed E-state index contributed by atoms with van der Waals surface area (Å²) in [5.74, 6) is -7.72. The number of nitrogens with zero attached hydrogens (tertiary/aromatic N) is 6. The van der Waals surface area contributed by atoms with E-state index in [1.807, 2.05) is 125 Å². The highest BCUT2D eigenvalue weighted by atomic mass is 16.6. The number of hydrogen-bond acceptors (Lipinski definition) is 20. The topological polar surface area (TPSA) is 511 Å². The molecule has 38 heteroatoms. The summed E-state index contributed by atoms with van der Waals surface area (Å²) in [6.45, 7) is 56.8. The maximum absolute atomic E-state index is 14.4. The number of nitrogens with one attached hydrogen (secondary N) is 11. The third kappa shape index (κ3) is 27.4. The second kappa shape index (κ2) is 44.9. The van der Waals surface area contributed by atoms with E-state index in [1.54, 1.807) is 14.7 Å². The van der Waals surface area contributed by atoms with Crippen LogP contribution in [0.4, 0.5) is 19.2 Å². The fourth-order valence-corrected chi connectivity index (χ4v) is 21.1. The Morgan fingerprint density at radius 3 is 1.16 bits per heavy atom. The van der Waals surface area contributed by atoms with Crippen LogP contribution in [0.15, 0.2) is 25.3 Å². The van der Waals surface area contributed by atoms with Crippen molar-refractivity contribution < 1.29 is 95.8 Å². The highest BCUT2D eigenvalue weighted by molar-refractivity contribution is 6.39. The van der Waals surface area contributed by atoms with Crippen molar-refractivity contribution in [3.05, 3.63) is 25.3 Å². The number of likely N-dealkylation sites (tertiary alicyclic amines) is 5. The lowest BCUT2D eigenvalue weighted by Gasteiger charge is -2.39. The van der Waals surface area contributed by atoms with Crippen LogP contribution in [-0.4, -0.2) is 286 Å². The molecule has 11 aliphatic rings. The van der Waals surface area contributed by atoms with Crippen LogP contribution in [0.5, 0.6) is 0 Å². The molecule has 11 fully saturated rings. The Kier molecular flexibility index (Phi) is 36.3. The number of primary amides is 1. The minimum atomic E-state index is -1.09. The number of carbonyl (C=O) groups is 19. The molecule has 0 aromatic carbocycles. The molecule has 3 unspecified atom stereocenters. The fourth-order valence-electron chi connectivity index (χ4n) is 21.1. The molecule has 5 saturated carbocycles. The van der Waals surface area contributed by atoms with E-state index in [4.69, 9.17) is 10.5 Å². The summed E-state index contributed by atoms with van der Waals surface area (Å²) in [5, 5.41) is 30.9. The molecule has 0 aromatic rings. The SMILES string of the molecule is C=CCNC(=O)C(=O)C(CC1CC1)NC(=O)[C@@H]1[C@@H]2[C@H](CN1C(=O)[C@@H](NC(=O)N[C@H](CN1C(=O)CCC1=O)C(C)(C)C)C(C)(C)C)C2(C)C.C=CCNC(=O)C(=O)C(CCCC)NC(=O)[C@@H]1[C@@H]2[C@H](CN1C(=O)[C@@H](NC(=O)N[C@H](CN1CCOC1=O)C(C)(C)C)C(C)(C)C)C2(C)C.CC(C)[C@@H](CN1CCCCC1=O)NC(=O)N[C@H](C(=O)N1C[C@H]2[C@@H]([C@H]1C(=O)NC(CC1CCC1)C(=O)C(N)=O)C2(C)C)C(C)(C)C. The first-order valence-electron chi connectivity index (χ1n) is 50.6. The Bertz CT molecular complexity index is 4680. The van der Waals surface area contributed by atoms with Gasteiger partial charge in [0.05, 0.1) is 42.8 Å². The summed E-state index contributed by atoms with van der Waals surface area (Å²) in [5.41, 5.74) is 1.64. The number of amides is 19. The lowest BCUT2D eigenvalue weighted by atomic mass is 9.80. The number of ketones is 3. The van der Waals surface area contributed by atoms with Crippen molar-refractivity contribution in [1.82, 2.24) is 87.9 Å². The van der Waals surface area contributed by atoms with Crippen molar-refractivity contribution in [1.29, 1.82) is 0 Å². The minimum absolute atomic E-state index is 0.0158. The van der Waals surface area contributed by atoms with Crippen LogP contribution < -0.4 is 64.2 Å². The van der Waals surface area contributed by atoms with Crippen molar-refractivity contribution in [2.24, 2.45) is 102 Å². The summed E-state index contributed by atoms with van der Waals surface area (Å²) in [7, 11) is 0. The van der Waals surface area contributed by atoms with Gasteiger partial charge in [-0.2, -0.15) is 0 Å². The van der Waals surface area contributed by atoms with Crippen molar-refractivity contribution in [3.63, 3.8) is 0 Å². The Hall–Kier alpha value is -10.6. The molecule has 0 spiro atoms. The van der Waals surface area contributed by atoms with Gasteiger partial charge in [-0.1, -0.05) is 223 Å². The van der Waals surface area contributed by atoms with E-state index in [1.165, 1.54) is 26.9 Å². The molecule has 6 aliphatic heterocycles. The molecule has 6 heterocycles. The Balaban J connectivity index is 0.000000235. The lowest BCUT2D eigenvalue weighted by Crippen LogP contribution is -2.63. The number of fused-ring (bicyclic) bond motifs is 3. The minimum Gasteiger partial charge on any atom is -0.448 e. The monoisotopic (exact) mass is 1960 g/mol. The van der Waals surface area contributed by atoms with Crippen molar-refractivity contribution in [2.45, 2.75) is 335 Å². The molecule has 0 bridgehead atoms. The zero-order valence-corrected chi connectivity index (χ0v) is 87.5. The molecule has 11 rings (SSSR count). The summed E-state index contributed by atoms with van der Waals surface area (Å²) < 4.78 is 5.05. The number of hydrogen-bond donors (Lipinski definition) is 12. The number of urea groups is 3. The molecule has 0 radical (unpaired) electrons. The molecule has 5 aliphatic carbocycles. The molecule has 18 atom stereocenters. The molecule has 782 valence electrons. The highest BCUT2D eigenvalue weighted by Gasteiger charge is 2.73. The normalized spacial score (nSPS) is 24.9. The summed E-state index contributed by atoms with van der Waals surface area (Å²) in [6.07, 6.45) is 12.2. The largest absolute Gasteiger partial charge is 0.448 e. The molecular weight excluding hydrogens is 1800 g/mol. The number of cyclic esters (lactones) is 1. The van der Waals surface area contributed by atoms with Crippen molar-refractivity contribution in [3.8, 4) is 0 Å². The van der Waals surface area contributed by atoms with Crippen molar-refractivity contribution >= 4 is 112 Å². The molecule has 13 N–H and O–H groups in total. The van der Waals surface area contributed by atoms with Gasteiger partial charge in [0.15, 0.2) is 0 Å². The van der Waals surface area contributed by atoms with Crippen LogP contribution in [-0.2, 0) is 76.7 Å². The molecule has 0 aromatic heterocycles. The first-order chi connectivity index (χ1) is 64.9. The number of imide groups is 1. The van der Waals surface area contributed by atoms with Crippen LogP contribution in [0.1, 0.15) is 262 Å². The highest BCUT2D eigenvalue weighted by Crippen LogP contribution is 2.67. The Morgan fingerprint density at radius 1 is 0.443 bits per heavy atom. The maximum Gasteiger partial charge on any atom is 0.410 e. The van der Waals surface area contributed by atoms with E-state index in [-0.39, 0.29) is 145 Å². The van der Waals surface area contributed by atoms with Crippen LogP contribution in [0.3, 0.4) is 0 Å². The average Bonchev–Trinajstić information content (AvgIpc) is 1.53. The predicted molar refractivity (Wildman–Crippen MR) is 523 cm³/mol. The quantitative estimate of drug-likeness (QED) is 0.0179. The van der Waals surface area contributed by atoms with E-state index < -0.39 is 182 Å². The molecule has 6 saturated heterocycles. The average molecular weight is 1960 g/mol. The second-order valence-electron chi connectivity index (χ2n) is 48.4. The van der Waals surface area contributed by atoms with Gasteiger partial charge in [-0.05, 0) is 129 Å². The third-order valence-electron chi connectivity index (χ3n) is 31.2. The van der Waals surface area contributed by atoms with Gasteiger partial charge in [0.2, 0.25) is 70.5 Å². The number of carbonyl (C=O) groups excluding carboxylic acids is 19. The van der Waals surface area contributed by atoms with Gasteiger partial charge < -0.3 is 93.5 Å². The van der Waals surface area contributed by atoms with E-state index in [0.717, 1.165) is 51.4 Å². The van der Waals surface area contributed by atoms with Gasteiger partial charge in [-0.25, -0.2) is 19.2 Å². The van der Waals surface area contributed by atoms with Crippen molar-refractivity contribution in [2.75, 3.05) is 72.1 Å². The van der Waals surface area contributed by atoms with Crippen LogP contribution in [0.2, 0.25) is 0 Å². The maximum atomic E-state index is 14.4. The first kappa shape index (κ1) is 113. The number of rotatable bonds is 39. The van der Waals surface area contributed by atoms with Gasteiger partial charge in [0.1, 0.15) is 42.9 Å². The van der Waals surface area contributed by atoms with E-state index in [0.29, 0.717) is 71.6 Å². The van der Waals surface area contributed by atoms with Gasteiger partial charge in [-0.15, -0.1) is 13.2 Å². The van der Waals surface area contributed by atoms with Gasteiger partial charge in [0.25, 0.3) is 17.7 Å². The zero-order valence-electron chi connectivity index (χ0n) is 87.5. The predicted octanol–water partition coefficient (Wildman–Crippen LogP) is 6.45. The summed E-state index contributed by atoms with van der Waals surface area (Å²) in [4.78, 5) is 259. The van der Waals surface area contributed by atoms with E-state index in [2.05, 4.69) is 113 Å². The smallest absolute Gasteiger partial charge is 0.410 e. The molecule has 38 nitrogen and oxygen atoms in total. The van der Waals surface area contributed by atoms with E-state index >= 15 is 0 Å².